The van der Waals surface area contributed by atoms with Crippen molar-refractivity contribution in [3.8, 4) is 0 Å². The Balaban J connectivity index is 4.40. The molecule has 0 spiro atoms. The molecule has 0 heterocycles. The van der Waals surface area contributed by atoms with Crippen LogP contribution < -0.4 is 0 Å². The molecule has 0 aromatic carbocycles. The minimum Gasteiger partial charge on any atom is -0.462 e. The van der Waals surface area contributed by atoms with Crippen LogP contribution in [-0.4, -0.2) is 37.2 Å². The zero-order chi connectivity index (χ0) is 45.8. The van der Waals surface area contributed by atoms with Crippen molar-refractivity contribution in [2.24, 2.45) is 0 Å². The third kappa shape index (κ3) is 50.7. The van der Waals surface area contributed by atoms with Crippen LogP contribution in [0.3, 0.4) is 0 Å². The highest BCUT2D eigenvalue weighted by molar-refractivity contribution is 5.71. The van der Waals surface area contributed by atoms with E-state index in [0.717, 1.165) is 32.1 Å². The molecule has 1 unspecified atom stereocenters. The summed E-state index contributed by atoms with van der Waals surface area (Å²) in [5, 5.41) is 0. The molecule has 370 valence electrons. The van der Waals surface area contributed by atoms with E-state index < -0.39 is 6.10 Å². The fourth-order valence-electron chi connectivity index (χ4n) is 8.24. The minimum absolute atomic E-state index is 0.0931. The number of allylic oxidation sites excluding steroid dienone is 4. The zero-order valence-electron chi connectivity index (χ0n) is 42.4. The van der Waals surface area contributed by atoms with Crippen LogP contribution in [0.25, 0.3) is 0 Å². The van der Waals surface area contributed by atoms with Gasteiger partial charge >= 0.3 is 17.9 Å². The molecule has 0 saturated heterocycles. The maximum atomic E-state index is 12.8. The van der Waals surface area contributed by atoms with Crippen molar-refractivity contribution in [2.45, 2.75) is 309 Å². The molecule has 0 aliphatic carbocycles. The van der Waals surface area contributed by atoms with Gasteiger partial charge in [-0.15, -0.1) is 0 Å². The number of rotatable bonds is 51. The summed E-state index contributed by atoms with van der Waals surface area (Å²) in [6, 6.07) is 0. The van der Waals surface area contributed by atoms with Gasteiger partial charge in [-0.3, -0.25) is 14.4 Å². The molecule has 0 radical (unpaired) electrons. The lowest BCUT2D eigenvalue weighted by atomic mass is 10.0. The summed E-state index contributed by atoms with van der Waals surface area (Å²) in [6.45, 7) is 6.62. The molecule has 0 aliphatic rings. The first-order valence-corrected chi connectivity index (χ1v) is 27.8. The monoisotopic (exact) mass is 887 g/mol. The van der Waals surface area contributed by atoms with E-state index in [1.165, 1.54) is 218 Å². The molecule has 0 aromatic heterocycles. The van der Waals surface area contributed by atoms with Crippen LogP contribution in [0.4, 0.5) is 0 Å². The van der Waals surface area contributed by atoms with Crippen molar-refractivity contribution < 1.29 is 28.6 Å². The lowest BCUT2D eigenvalue weighted by Crippen LogP contribution is -2.30. The van der Waals surface area contributed by atoms with Crippen LogP contribution in [0, 0.1) is 0 Å². The molecule has 63 heavy (non-hydrogen) atoms. The number of carbonyl (C=O) groups excluding carboxylic acids is 3. The normalized spacial score (nSPS) is 12.1. The van der Waals surface area contributed by atoms with Crippen LogP contribution in [0.5, 0.6) is 0 Å². The topological polar surface area (TPSA) is 78.9 Å². The maximum Gasteiger partial charge on any atom is 0.306 e. The molecule has 0 amide bonds. The highest BCUT2D eigenvalue weighted by Crippen LogP contribution is 2.16. The number of esters is 3. The first kappa shape index (κ1) is 60.9. The van der Waals surface area contributed by atoms with Crippen molar-refractivity contribution in [1.82, 2.24) is 0 Å². The summed E-state index contributed by atoms with van der Waals surface area (Å²) < 4.78 is 16.8. The van der Waals surface area contributed by atoms with Crippen molar-refractivity contribution >= 4 is 17.9 Å². The van der Waals surface area contributed by atoms with E-state index in [1.807, 2.05) is 0 Å². The Kier molecular flexibility index (Phi) is 50.8. The highest BCUT2D eigenvalue weighted by atomic mass is 16.6. The van der Waals surface area contributed by atoms with E-state index in [4.69, 9.17) is 14.2 Å². The van der Waals surface area contributed by atoms with Gasteiger partial charge in [0.1, 0.15) is 13.2 Å². The third-order valence-electron chi connectivity index (χ3n) is 12.5. The van der Waals surface area contributed by atoms with Crippen molar-refractivity contribution in [3.63, 3.8) is 0 Å². The molecule has 6 heteroatoms. The van der Waals surface area contributed by atoms with Gasteiger partial charge in [-0.05, 0) is 44.9 Å². The standard InChI is InChI=1S/C57H106O6/c1-4-7-10-13-16-19-22-25-28-31-34-37-40-43-46-49-55(58)61-52-54(63-57(60)51-48-45-42-39-36-33-30-27-24-21-18-15-12-9-6-3)53-62-56(59)50-47-44-41-38-35-32-29-26-23-20-17-14-11-8-5-2/h40,42-43,45,54H,4-39,41,44,46-53H2,1-3H3/b43-40-,45-42-. The van der Waals surface area contributed by atoms with Gasteiger partial charge in [0, 0.05) is 19.3 Å². The summed E-state index contributed by atoms with van der Waals surface area (Å²) in [4.78, 5) is 38.0. The van der Waals surface area contributed by atoms with Gasteiger partial charge in [0.25, 0.3) is 0 Å². The van der Waals surface area contributed by atoms with Crippen LogP contribution in [0.1, 0.15) is 303 Å². The molecular formula is C57H106O6. The highest BCUT2D eigenvalue weighted by Gasteiger charge is 2.19. The van der Waals surface area contributed by atoms with Gasteiger partial charge in [0.05, 0.1) is 0 Å². The number of hydrogen-bond donors (Lipinski definition) is 0. The van der Waals surface area contributed by atoms with Crippen molar-refractivity contribution in [3.05, 3.63) is 24.3 Å². The summed E-state index contributed by atoms with van der Waals surface area (Å²) >= 11 is 0. The number of unbranched alkanes of at least 4 members (excludes halogenated alkanes) is 36. The number of carbonyl (C=O) groups is 3. The van der Waals surface area contributed by atoms with Gasteiger partial charge in [0.15, 0.2) is 6.10 Å². The second kappa shape index (κ2) is 52.5. The van der Waals surface area contributed by atoms with Crippen LogP contribution >= 0.6 is 0 Å². The molecule has 0 bridgehead atoms. The first-order valence-electron chi connectivity index (χ1n) is 27.8. The largest absolute Gasteiger partial charge is 0.462 e. The summed E-state index contributed by atoms with van der Waals surface area (Å²) in [5.41, 5.74) is 0. The predicted molar refractivity (Wildman–Crippen MR) is 270 cm³/mol. The Morgan fingerprint density at radius 2 is 0.556 bits per heavy atom. The Bertz CT molecular complexity index is 1020. The molecule has 0 fully saturated rings. The van der Waals surface area contributed by atoms with Crippen LogP contribution in [-0.2, 0) is 28.6 Å². The van der Waals surface area contributed by atoms with Crippen LogP contribution in [0.2, 0.25) is 0 Å². The van der Waals surface area contributed by atoms with E-state index in [9.17, 15) is 14.4 Å². The van der Waals surface area contributed by atoms with Gasteiger partial charge in [-0.25, -0.2) is 0 Å². The van der Waals surface area contributed by atoms with Gasteiger partial charge in [-0.2, -0.15) is 0 Å². The van der Waals surface area contributed by atoms with Crippen LogP contribution in [0.15, 0.2) is 24.3 Å². The van der Waals surface area contributed by atoms with E-state index in [2.05, 4.69) is 45.1 Å². The third-order valence-corrected chi connectivity index (χ3v) is 12.5. The Morgan fingerprint density at radius 1 is 0.302 bits per heavy atom. The Labute approximate surface area is 392 Å². The molecule has 0 rings (SSSR count). The SMILES string of the molecule is CCCCCCCCCCCCC/C=C\CCC(=O)OCC(COC(=O)CCCCCCCCCCCCCCCCC)OC(=O)CC/C=C\CCCCCCCCCCCCC. The molecule has 1 atom stereocenters. The van der Waals surface area contributed by atoms with E-state index in [1.54, 1.807) is 0 Å². The lowest BCUT2D eigenvalue weighted by Gasteiger charge is -2.18. The minimum atomic E-state index is -0.802. The maximum absolute atomic E-state index is 12.8. The first-order chi connectivity index (χ1) is 31.0. The molecule has 0 saturated carbocycles. The van der Waals surface area contributed by atoms with Gasteiger partial charge in [-0.1, -0.05) is 263 Å². The summed E-state index contributed by atoms with van der Waals surface area (Å²) in [6.07, 6.45) is 60.4. The molecule has 0 aliphatic heterocycles. The number of hydrogen-bond acceptors (Lipinski definition) is 6. The fraction of sp³-hybridized carbons (Fsp3) is 0.877. The lowest BCUT2D eigenvalue weighted by molar-refractivity contribution is -0.166. The summed E-state index contributed by atoms with van der Waals surface area (Å²) in [5.74, 6) is -0.977. The van der Waals surface area contributed by atoms with Crippen molar-refractivity contribution in [2.75, 3.05) is 13.2 Å². The van der Waals surface area contributed by atoms with E-state index in [-0.39, 0.29) is 44.0 Å². The molecule has 0 N–H and O–H groups in total. The Morgan fingerprint density at radius 3 is 0.889 bits per heavy atom. The quantitative estimate of drug-likeness (QED) is 0.0262. The zero-order valence-corrected chi connectivity index (χ0v) is 42.4. The fourth-order valence-corrected chi connectivity index (χ4v) is 8.24. The molecule has 6 nitrogen and oxygen atoms in total. The summed E-state index contributed by atoms with van der Waals surface area (Å²) in [7, 11) is 0. The second-order valence-electron chi connectivity index (χ2n) is 18.8. The average molecular weight is 887 g/mol. The Hall–Kier alpha value is -2.11. The predicted octanol–water partition coefficient (Wildman–Crippen LogP) is 18.3. The average Bonchev–Trinajstić information content (AvgIpc) is 3.28. The number of ether oxygens (including phenoxy) is 3. The smallest absolute Gasteiger partial charge is 0.306 e. The van der Waals surface area contributed by atoms with Crippen molar-refractivity contribution in [1.29, 1.82) is 0 Å². The van der Waals surface area contributed by atoms with E-state index >= 15 is 0 Å². The molecule has 0 aromatic rings. The van der Waals surface area contributed by atoms with Gasteiger partial charge < -0.3 is 14.2 Å². The second-order valence-corrected chi connectivity index (χ2v) is 18.8. The molecular weight excluding hydrogens is 781 g/mol. The van der Waals surface area contributed by atoms with E-state index in [0.29, 0.717) is 19.3 Å². The van der Waals surface area contributed by atoms with Gasteiger partial charge in [0.2, 0.25) is 0 Å².